The molecule has 1 aromatic carbocycles. The highest BCUT2D eigenvalue weighted by molar-refractivity contribution is 6.33. The van der Waals surface area contributed by atoms with Crippen LogP contribution in [0.3, 0.4) is 0 Å². The van der Waals surface area contributed by atoms with Crippen molar-refractivity contribution in [3.63, 3.8) is 0 Å². The van der Waals surface area contributed by atoms with E-state index < -0.39 is 5.97 Å². The molecule has 2 rings (SSSR count). The largest absolute Gasteiger partial charge is 0.478 e. The van der Waals surface area contributed by atoms with Crippen molar-refractivity contribution < 1.29 is 9.90 Å². The van der Waals surface area contributed by atoms with Crippen LogP contribution in [0.1, 0.15) is 30.1 Å². The van der Waals surface area contributed by atoms with E-state index in [1.807, 2.05) is 0 Å². The third-order valence-corrected chi connectivity index (χ3v) is 3.24. The van der Waals surface area contributed by atoms with Gasteiger partial charge in [0.2, 0.25) is 0 Å². The molecule has 0 saturated heterocycles. The monoisotopic (exact) mass is 239 g/mol. The highest BCUT2D eigenvalue weighted by atomic mass is 35.5. The normalized spacial score (nSPS) is 16.9. The molecule has 16 heavy (non-hydrogen) atoms. The molecule has 0 amide bonds. The fourth-order valence-corrected chi connectivity index (χ4v) is 1.96. The van der Waals surface area contributed by atoms with Crippen LogP contribution in [0.4, 0.5) is 5.69 Å². The molecule has 1 atom stereocenters. The van der Waals surface area contributed by atoms with Gasteiger partial charge in [0, 0.05) is 6.04 Å². The third-order valence-electron chi connectivity index (χ3n) is 2.93. The number of rotatable bonds is 4. The first-order valence-electron chi connectivity index (χ1n) is 5.37. The fraction of sp³-hybridized carbons (Fsp3) is 0.417. The Balaban J connectivity index is 2.12. The van der Waals surface area contributed by atoms with Crippen molar-refractivity contribution >= 4 is 23.3 Å². The number of benzene rings is 1. The smallest absolute Gasteiger partial charge is 0.335 e. The molecule has 0 radical (unpaired) electrons. The molecule has 0 bridgehead atoms. The topological polar surface area (TPSA) is 49.3 Å². The van der Waals surface area contributed by atoms with E-state index in [4.69, 9.17) is 16.7 Å². The van der Waals surface area contributed by atoms with Crippen LogP contribution in [0.25, 0.3) is 0 Å². The lowest BCUT2D eigenvalue weighted by Gasteiger charge is -2.15. The van der Waals surface area contributed by atoms with E-state index >= 15 is 0 Å². The fourth-order valence-electron chi connectivity index (χ4n) is 1.72. The summed E-state index contributed by atoms with van der Waals surface area (Å²) in [6.45, 7) is 2.12. The Bertz CT molecular complexity index is 415. The summed E-state index contributed by atoms with van der Waals surface area (Å²) >= 11 is 6.02. The Morgan fingerprint density at radius 1 is 1.56 bits per heavy atom. The van der Waals surface area contributed by atoms with Crippen LogP contribution in [0.5, 0.6) is 0 Å². The number of halogens is 1. The van der Waals surface area contributed by atoms with Crippen LogP contribution in [0, 0.1) is 5.92 Å². The van der Waals surface area contributed by atoms with Gasteiger partial charge in [0.05, 0.1) is 16.3 Å². The standard InChI is InChI=1S/C12H14ClNO2/c1-7(8-2-3-8)14-11-5-4-9(12(15)16)6-10(11)13/h4-8,14H,2-3H2,1H3,(H,15,16). The Morgan fingerprint density at radius 2 is 2.25 bits per heavy atom. The van der Waals surface area contributed by atoms with E-state index in [9.17, 15) is 4.79 Å². The van der Waals surface area contributed by atoms with Crippen molar-refractivity contribution in [2.45, 2.75) is 25.8 Å². The van der Waals surface area contributed by atoms with Crippen LogP contribution < -0.4 is 5.32 Å². The predicted octanol–water partition coefficient (Wildman–Crippen LogP) is 3.25. The molecule has 1 aliphatic rings. The zero-order valence-electron chi connectivity index (χ0n) is 9.03. The zero-order chi connectivity index (χ0) is 11.7. The van der Waals surface area contributed by atoms with Crippen LogP contribution in [0.15, 0.2) is 18.2 Å². The van der Waals surface area contributed by atoms with Crippen molar-refractivity contribution in [2.24, 2.45) is 5.92 Å². The first kappa shape index (κ1) is 11.3. The zero-order valence-corrected chi connectivity index (χ0v) is 9.79. The molecule has 1 aliphatic carbocycles. The molecule has 4 heteroatoms. The Morgan fingerprint density at radius 3 is 2.75 bits per heavy atom. The van der Waals surface area contributed by atoms with Crippen molar-refractivity contribution in [1.29, 1.82) is 0 Å². The molecule has 3 nitrogen and oxygen atoms in total. The van der Waals surface area contributed by atoms with Crippen LogP contribution in [-0.4, -0.2) is 17.1 Å². The molecule has 1 saturated carbocycles. The van der Waals surface area contributed by atoms with Gasteiger partial charge in [-0.3, -0.25) is 0 Å². The minimum absolute atomic E-state index is 0.217. The van der Waals surface area contributed by atoms with Gasteiger partial charge < -0.3 is 10.4 Å². The molecule has 0 aliphatic heterocycles. The SMILES string of the molecule is CC(Nc1ccc(C(=O)O)cc1Cl)C1CC1. The molecule has 1 aromatic rings. The molecule has 1 fully saturated rings. The lowest BCUT2D eigenvalue weighted by Crippen LogP contribution is -2.17. The number of hydrogen-bond acceptors (Lipinski definition) is 2. The Kier molecular flexibility index (Phi) is 3.06. The highest BCUT2D eigenvalue weighted by Gasteiger charge is 2.28. The number of carboxylic acids is 1. The van der Waals surface area contributed by atoms with Gasteiger partial charge in [0.15, 0.2) is 0 Å². The van der Waals surface area contributed by atoms with Gasteiger partial charge in [-0.15, -0.1) is 0 Å². The summed E-state index contributed by atoms with van der Waals surface area (Å²) < 4.78 is 0. The maximum atomic E-state index is 10.7. The predicted molar refractivity (Wildman–Crippen MR) is 64.2 cm³/mol. The summed E-state index contributed by atoms with van der Waals surface area (Å²) in [4.78, 5) is 10.7. The number of aromatic carboxylic acids is 1. The maximum Gasteiger partial charge on any atom is 0.335 e. The molecule has 2 N–H and O–H groups in total. The van der Waals surface area contributed by atoms with Crippen molar-refractivity contribution in [3.8, 4) is 0 Å². The summed E-state index contributed by atoms with van der Waals surface area (Å²) in [6, 6.07) is 5.17. The van der Waals surface area contributed by atoms with E-state index in [0.29, 0.717) is 11.1 Å². The van der Waals surface area contributed by atoms with Crippen LogP contribution in [-0.2, 0) is 0 Å². The summed E-state index contributed by atoms with van der Waals surface area (Å²) in [5.74, 6) is -0.223. The van der Waals surface area contributed by atoms with E-state index in [-0.39, 0.29) is 5.56 Å². The molecular weight excluding hydrogens is 226 g/mol. The van der Waals surface area contributed by atoms with Crippen LogP contribution >= 0.6 is 11.6 Å². The van der Waals surface area contributed by atoms with E-state index in [1.54, 1.807) is 12.1 Å². The Hall–Kier alpha value is -1.22. The third kappa shape index (κ3) is 2.47. The second-order valence-corrected chi connectivity index (χ2v) is 4.68. The van der Waals surface area contributed by atoms with Gasteiger partial charge in [-0.25, -0.2) is 4.79 Å². The average Bonchev–Trinajstić information content (AvgIpc) is 3.03. The minimum atomic E-state index is -0.955. The second-order valence-electron chi connectivity index (χ2n) is 4.27. The van der Waals surface area contributed by atoms with Crippen molar-refractivity contribution in [3.05, 3.63) is 28.8 Å². The summed E-state index contributed by atoms with van der Waals surface area (Å²) in [6.07, 6.45) is 2.53. The Labute approximate surface area is 99.4 Å². The summed E-state index contributed by atoms with van der Waals surface area (Å²) in [5.41, 5.74) is 1.03. The van der Waals surface area contributed by atoms with Gasteiger partial charge in [-0.05, 0) is 43.9 Å². The molecule has 0 heterocycles. The minimum Gasteiger partial charge on any atom is -0.478 e. The maximum absolute atomic E-state index is 10.7. The first-order chi connectivity index (χ1) is 7.58. The quantitative estimate of drug-likeness (QED) is 0.848. The van der Waals surface area contributed by atoms with Crippen molar-refractivity contribution in [2.75, 3.05) is 5.32 Å². The van der Waals surface area contributed by atoms with Gasteiger partial charge >= 0.3 is 5.97 Å². The molecular formula is C12H14ClNO2. The van der Waals surface area contributed by atoms with Gasteiger partial charge in [-0.1, -0.05) is 11.6 Å². The number of nitrogens with one attached hydrogen (secondary N) is 1. The molecule has 86 valence electrons. The average molecular weight is 240 g/mol. The van der Waals surface area contributed by atoms with E-state index in [2.05, 4.69) is 12.2 Å². The lowest BCUT2D eigenvalue weighted by atomic mass is 10.1. The number of carboxylic acid groups (broad SMARTS) is 1. The highest BCUT2D eigenvalue weighted by Crippen LogP contribution is 2.35. The van der Waals surface area contributed by atoms with Crippen molar-refractivity contribution in [1.82, 2.24) is 0 Å². The molecule has 1 unspecified atom stereocenters. The number of carbonyl (C=O) groups is 1. The van der Waals surface area contributed by atoms with Gasteiger partial charge in [0.25, 0.3) is 0 Å². The number of hydrogen-bond donors (Lipinski definition) is 2. The number of anilines is 1. The van der Waals surface area contributed by atoms with E-state index in [0.717, 1.165) is 11.6 Å². The van der Waals surface area contributed by atoms with Crippen LogP contribution in [0.2, 0.25) is 5.02 Å². The summed E-state index contributed by atoms with van der Waals surface area (Å²) in [5, 5.41) is 12.6. The molecule has 0 aromatic heterocycles. The van der Waals surface area contributed by atoms with Gasteiger partial charge in [0.1, 0.15) is 0 Å². The van der Waals surface area contributed by atoms with Gasteiger partial charge in [-0.2, -0.15) is 0 Å². The van der Waals surface area contributed by atoms with E-state index in [1.165, 1.54) is 18.9 Å². The first-order valence-corrected chi connectivity index (χ1v) is 5.75. The summed E-state index contributed by atoms with van der Waals surface area (Å²) in [7, 11) is 0. The second kappa shape index (κ2) is 4.34. The molecule has 0 spiro atoms. The lowest BCUT2D eigenvalue weighted by molar-refractivity contribution is 0.0697.